The molecule has 0 aliphatic carbocycles. The van der Waals surface area contributed by atoms with Crippen LogP contribution in [-0.2, 0) is 26.0 Å². The van der Waals surface area contributed by atoms with E-state index in [4.69, 9.17) is 4.74 Å². The van der Waals surface area contributed by atoms with Crippen LogP contribution in [0.15, 0.2) is 41.3 Å². The molecule has 154 valence electrons. The lowest BCUT2D eigenvalue weighted by Gasteiger charge is -2.21. The quantitative estimate of drug-likeness (QED) is 0.753. The van der Waals surface area contributed by atoms with Crippen molar-refractivity contribution in [2.45, 2.75) is 43.9 Å². The van der Waals surface area contributed by atoms with Gasteiger partial charge in [-0.15, -0.1) is 0 Å². The molecular formula is C21H24N2O5S. The van der Waals surface area contributed by atoms with Crippen LogP contribution in [0.1, 0.15) is 30.0 Å². The van der Waals surface area contributed by atoms with Crippen molar-refractivity contribution in [2.75, 3.05) is 11.9 Å². The average Bonchev–Trinajstić information content (AvgIpc) is 2.66. The fraction of sp³-hybridized carbons (Fsp3) is 0.333. The minimum absolute atomic E-state index is 0.103. The number of benzene rings is 2. The maximum Gasteiger partial charge on any atom is 0.262 e. The fourth-order valence-corrected chi connectivity index (χ4v) is 4.67. The molecule has 0 saturated heterocycles. The second-order valence-corrected chi connectivity index (χ2v) is 9.61. The maximum absolute atomic E-state index is 13.0. The highest BCUT2D eigenvalue weighted by Gasteiger charge is 2.29. The lowest BCUT2D eigenvalue weighted by Crippen LogP contribution is -2.30. The largest absolute Gasteiger partial charge is 0.482 e. The van der Waals surface area contributed by atoms with E-state index in [0.29, 0.717) is 23.5 Å². The van der Waals surface area contributed by atoms with E-state index < -0.39 is 15.1 Å². The van der Waals surface area contributed by atoms with Crippen LogP contribution in [0.3, 0.4) is 0 Å². The Balaban J connectivity index is 1.69. The van der Waals surface area contributed by atoms with Crippen molar-refractivity contribution in [3.8, 4) is 5.75 Å². The Labute approximate surface area is 170 Å². The molecule has 0 radical (unpaired) electrons. The molecule has 8 heteroatoms. The van der Waals surface area contributed by atoms with E-state index in [9.17, 15) is 18.0 Å². The standard InChI is InChI=1S/C21H24N2O5S/c1-13-4-6-16(7-5-13)11-22-20(24)9-15(3)29(26,27)19-10-18-17(8-14(19)2)23-21(25)12-28-18/h4-8,10,15H,9,11-12H2,1-3H3,(H,22,24)(H,23,25)/t15-/m0/s1. The van der Waals surface area contributed by atoms with Gasteiger partial charge >= 0.3 is 0 Å². The maximum atomic E-state index is 13.0. The highest BCUT2D eigenvalue weighted by atomic mass is 32.2. The summed E-state index contributed by atoms with van der Waals surface area (Å²) in [5, 5.41) is 4.51. The van der Waals surface area contributed by atoms with Crippen LogP contribution in [0, 0.1) is 13.8 Å². The van der Waals surface area contributed by atoms with Crippen LogP contribution >= 0.6 is 0 Å². The molecule has 0 aromatic heterocycles. The summed E-state index contributed by atoms with van der Waals surface area (Å²) in [6.45, 7) is 5.33. The topological polar surface area (TPSA) is 102 Å². The van der Waals surface area contributed by atoms with Gasteiger partial charge in [-0.05, 0) is 38.0 Å². The number of hydrogen-bond acceptors (Lipinski definition) is 5. The molecule has 0 saturated carbocycles. The van der Waals surface area contributed by atoms with E-state index in [2.05, 4.69) is 10.6 Å². The smallest absolute Gasteiger partial charge is 0.262 e. The van der Waals surface area contributed by atoms with Gasteiger partial charge in [-0.3, -0.25) is 9.59 Å². The predicted octanol–water partition coefficient (Wildman–Crippen LogP) is 2.50. The molecule has 1 aliphatic rings. The minimum Gasteiger partial charge on any atom is -0.482 e. The van der Waals surface area contributed by atoms with Crippen LogP contribution in [0.5, 0.6) is 5.75 Å². The van der Waals surface area contributed by atoms with E-state index in [1.165, 1.54) is 13.0 Å². The third-order valence-electron chi connectivity index (χ3n) is 4.83. The van der Waals surface area contributed by atoms with Gasteiger partial charge < -0.3 is 15.4 Å². The number of fused-ring (bicyclic) bond motifs is 1. The molecule has 1 atom stereocenters. The zero-order chi connectivity index (χ0) is 21.2. The Bertz CT molecular complexity index is 1050. The Kier molecular flexibility index (Phi) is 5.93. The summed E-state index contributed by atoms with van der Waals surface area (Å²) in [4.78, 5) is 23.8. The summed E-state index contributed by atoms with van der Waals surface area (Å²) >= 11 is 0. The van der Waals surface area contributed by atoms with E-state index in [-0.39, 0.29) is 29.7 Å². The van der Waals surface area contributed by atoms with E-state index in [1.807, 2.05) is 31.2 Å². The van der Waals surface area contributed by atoms with Crippen LogP contribution in [0.2, 0.25) is 0 Å². The van der Waals surface area contributed by atoms with Gasteiger partial charge in [-0.1, -0.05) is 29.8 Å². The SMILES string of the molecule is Cc1ccc(CNC(=O)C[C@H](C)S(=O)(=O)c2cc3c(cc2C)NC(=O)CO3)cc1. The summed E-state index contributed by atoms with van der Waals surface area (Å²) < 4.78 is 31.4. The molecule has 2 amide bonds. The van der Waals surface area contributed by atoms with Gasteiger partial charge in [0.2, 0.25) is 5.91 Å². The van der Waals surface area contributed by atoms with Crippen LogP contribution in [0.4, 0.5) is 5.69 Å². The Morgan fingerprint density at radius 2 is 1.90 bits per heavy atom. The summed E-state index contributed by atoms with van der Waals surface area (Å²) in [5.74, 6) is -0.309. The first kappa shape index (κ1) is 20.9. The number of ether oxygens (including phenoxy) is 1. The number of nitrogens with one attached hydrogen (secondary N) is 2. The molecule has 0 bridgehead atoms. The highest BCUT2D eigenvalue weighted by molar-refractivity contribution is 7.92. The molecule has 3 rings (SSSR count). The van der Waals surface area contributed by atoms with Crippen molar-refractivity contribution < 1.29 is 22.7 Å². The number of carbonyl (C=O) groups is 2. The number of amides is 2. The molecule has 1 aliphatic heterocycles. The second-order valence-electron chi connectivity index (χ2n) is 7.27. The first-order chi connectivity index (χ1) is 13.7. The third kappa shape index (κ3) is 4.76. The summed E-state index contributed by atoms with van der Waals surface area (Å²) in [6.07, 6.45) is -0.150. The molecular weight excluding hydrogens is 392 g/mol. The molecule has 7 nitrogen and oxygen atoms in total. The monoisotopic (exact) mass is 416 g/mol. The molecule has 29 heavy (non-hydrogen) atoms. The number of sulfone groups is 1. The molecule has 0 unspecified atom stereocenters. The summed E-state index contributed by atoms with van der Waals surface area (Å²) in [7, 11) is -3.75. The predicted molar refractivity (Wildman–Crippen MR) is 110 cm³/mol. The molecule has 0 fully saturated rings. The Morgan fingerprint density at radius 3 is 2.59 bits per heavy atom. The van der Waals surface area contributed by atoms with Crippen LogP contribution in [0.25, 0.3) is 0 Å². The van der Waals surface area contributed by atoms with E-state index in [0.717, 1.165) is 11.1 Å². The molecule has 1 heterocycles. The van der Waals surface area contributed by atoms with Crippen LogP contribution < -0.4 is 15.4 Å². The van der Waals surface area contributed by atoms with Crippen molar-refractivity contribution >= 4 is 27.3 Å². The first-order valence-corrected chi connectivity index (χ1v) is 10.8. The zero-order valence-electron chi connectivity index (χ0n) is 16.6. The van der Waals surface area contributed by atoms with Crippen molar-refractivity contribution in [2.24, 2.45) is 0 Å². The van der Waals surface area contributed by atoms with Gasteiger partial charge in [0, 0.05) is 19.0 Å². The number of rotatable bonds is 6. The van der Waals surface area contributed by atoms with Crippen molar-refractivity contribution in [3.05, 3.63) is 53.1 Å². The lowest BCUT2D eigenvalue weighted by atomic mass is 10.1. The lowest BCUT2D eigenvalue weighted by molar-refractivity contribution is -0.121. The summed E-state index contributed by atoms with van der Waals surface area (Å²) in [6, 6.07) is 10.7. The zero-order valence-corrected chi connectivity index (χ0v) is 17.4. The van der Waals surface area contributed by atoms with Crippen molar-refractivity contribution in [3.63, 3.8) is 0 Å². The fourth-order valence-electron chi connectivity index (χ4n) is 3.09. The Morgan fingerprint density at radius 1 is 1.21 bits per heavy atom. The summed E-state index contributed by atoms with van der Waals surface area (Å²) in [5.41, 5.74) is 3.01. The Hall–Kier alpha value is -2.87. The van der Waals surface area contributed by atoms with Gasteiger partial charge in [-0.25, -0.2) is 8.42 Å². The van der Waals surface area contributed by atoms with Crippen molar-refractivity contribution in [1.29, 1.82) is 0 Å². The van der Waals surface area contributed by atoms with Crippen molar-refractivity contribution in [1.82, 2.24) is 5.32 Å². The number of carbonyl (C=O) groups excluding carboxylic acids is 2. The molecule has 2 aromatic rings. The van der Waals surface area contributed by atoms with E-state index >= 15 is 0 Å². The third-order valence-corrected chi connectivity index (χ3v) is 7.11. The van der Waals surface area contributed by atoms with Gasteiger partial charge in [0.25, 0.3) is 5.91 Å². The number of hydrogen-bond donors (Lipinski definition) is 2. The molecule has 2 N–H and O–H groups in total. The van der Waals surface area contributed by atoms with Gasteiger partial charge in [-0.2, -0.15) is 0 Å². The normalized spacial score (nSPS) is 14.4. The highest BCUT2D eigenvalue weighted by Crippen LogP contribution is 2.34. The minimum atomic E-state index is -3.75. The van der Waals surface area contributed by atoms with Gasteiger partial charge in [0.1, 0.15) is 5.75 Å². The molecule has 2 aromatic carbocycles. The number of aryl methyl sites for hydroxylation is 2. The first-order valence-electron chi connectivity index (χ1n) is 9.30. The van der Waals surface area contributed by atoms with Gasteiger partial charge in [0.05, 0.1) is 15.8 Å². The van der Waals surface area contributed by atoms with Crippen LogP contribution in [-0.4, -0.2) is 32.1 Å². The van der Waals surface area contributed by atoms with Gasteiger partial charge in [0.15, 0.2) is 16.4 Å². The average molecular weight is 416 g/mol. The second kappa shape index (κ2) is 8.24. The van der Waals surface area contributed by atoms with E-state index in [1.54, 1.807) is 13.0 Å². The molecule has 0 spiro atoms. The number of anilines is 1.